The molecule has 0 amide bonds. The van der Waals surface area contributed by atoms with Crippen molar-refractivity contribution in [2.75, 3.05) is 13.2 Å². The molecule has 188 valence electrons. The highest BCUT2D eigenvalue weighted by Gasteiger charge is 2.59. The van der Waals surface area contributed by atoms with Gasteiger partial charge in [-0.1, -0.05) is 20.3 Å². The average Bonchev–Trinajstić information content (AvgIpc) is 2.73. The smallest absolute Gasteiger partial charge is 0.315 e. The third-order valence-corrected chi connectivity index (χ3v) is 7.85. The van der Waals surface area contributed by atoms with Gasteiger partial charge in [-0.3, -0.25) is 9.59 Å². The minimum Gasteiger partial charge on any atom is -0.508 e. The standard InChI is InChI=1S/C25H35NO8/c1-24(2,23(30)33-9-7-5-6-8-10-34-26(31)32)15-11-20(28)22(21(29)12-15)16-13-19(27)18-14-17(16)25(18,3)4/h11-12,16-18,28-29H,5-10,13-14H2,1-4H3/t16-,17+,18-/m1/s1. The summed E-state index contributed by atoms with van der Waals surface area (Å²) in [4.78, 5) is 39.6. The highest BCUT2D eigenvalue weighted by molar-refractivity contribution is 5.86. The van der Waals surface area contributed by atoms with Crippen LogP contribution in [0.15, 0.2) is 12.1 Å². The molecule has 0 aromatic heterocycles. The predicted molar refractivity (Wildman–Crippen MR) is 123 cm³/mol. The van der Waals surface area contributed by atoms with Crippen LogP contribution in [0.25, 0.3) is 0 Å². The first kappa shape index (κ1) is 25.8. The third-order valence-electron chi connectivity index (χ3n) is 7.85. The second-order valence-corrected chi connectivity index (χ2v) is 10.7. The van der Waals surface area contributed by atoms with Crippen LogP contribution in [0.4, 0.5) is 0 Å². The highest BCUT2D eigenvalue weighted by Crippen LogP contribution is 2.64. The number of hydrogen-bond donors (Lipinski definition) is 2. The Morgan fingerprint density at radius 1 is 1.15 bits per heavy atom. The Kier molecular flexibility index (Phi) is 7.43. The van der Waals surface area contributed by atoms with Crippen molar-refractivity contribution in [3.8, 4) is 11.5 Å². The molecule has 2 N–H and O–H groups in total. The number of fused-ring (bicyclic) bond motifs is 2. The Morgan fingerprint density at radius 3 is 2.26 bits per heavy atom. The van der Waals surface area contributed by atoms with Gasteiger partial charge in [0.15, 0.2) is 0 Å². The fraction of sp³-hybridized carbons (Fsp3) is 0.680. The van der Waals surface area contributed by atoms with Gasteiger partial charge in [0.25, 0.3) is 5.09 Å². The Morgan fingerprint density at radius 2 is 1.74 bits per heavy atom. The number of phenolic OH excluding ortho intramolecular Hbond substituents is 2. The summed E-state index contributed by atoms with van der Waals surface area (Å²) >= 11 is 0. The van der Waals surface area contributed by atoms with Crippen molar-refractivity contribution in [1.29, 1.82) is 0 Å². The quantitative estimate of drug-likeness (QED) is 0.207. The number of aromatic hydroxyl groups is 2. The molecule has 9 nitrogen and oxygen atoms in total. The van der Waals surface area contributed by atoms with Gasteiger partial charge in [0.1, 0.15) is 17.3 Å². The van der Waals surface area contributed by atoms with Crippen LogP contribution in [0, 0.1) is 27.4 Å². The van der Waals surface area contributed by atoms with Crippen molar-refractivity contribution >= 4 is 11.8 Å². The Bertz CT molecular complexity index is 931. The molecule has 9 heteroatoms. The topological polar surface area (TPSA) is 136 Å². The minimum absolute atomic E-state index is 0.0522. The van der Waals surface area contributed by atoms with Crippen LogP contribution in [-0.2, 0) is 24.6 Å². The molecule has 4 rings (SSSR count). The molecule has 0 heterocycles. The van der Waals surface area contributed by atoms with E-state index in [0.29, 0.717) is 30.4 Å². The molecule has 3 fully saturated rings. The summed E-state index contributed by atoms with van der Waals surface area (Å²) in [7, 11) is 0. The van der Waals surface area contributed by atoms with Crippen LogP contribution in [-0.4, -0.2) is 40.3 Å². The summed E-state index contributed by atoms with van der Waals surface area (Å²) in [6.07, 6.45) is 3.71. The van der Waals surface area contributed by atoms with Crippen molar-refractivity contribution in [1.82, 2.24) is 0 Å². The van der Waals surface area contributed by atoms with Gasteiger partial charge in [0.05, 0.1) is 18.6 Å². The normalized spacial score (nSPS) is 23.2. The predicted octanol–water partition coefficient (Wildman–Crippen LogP) is 4.41. The van der Waals surface area contributed by atoms with E-state index in [-0.39, 0.29) is 53.7 Å². The fourth-order valence-corrected chi connectivity index (χ4v) is 5.52. The summed E-state index contributed by atoms with van der Waals surface area (Å²) < 4.78 is 5.41. The van der Waals surface area contributed by atoms with Crippen LogP contribution in [0.1, 0.15) is 83.3 Å². The van der Waals surface area contributed by atoms with Gasteiger partial charge in [-0.25, -0.2) is 0 Å². The van der Waals surface area contributed by atoms with Gasteiger partial charge in [-0.15, -0.1) is 10.1 Å². The van der Waals surface area contributed by atoms with E-state index >= 15 is 0 Å². The Hall–Kier alpha value is -2.84. The molecule has 3 aliphatic carbocycles. The van der Waals surface area contributed by atoms with Crippen LogP contribution < -0.4 is 0 Å². The number of hydrogen-bond acceptors (Lipinski definition) is 8. The maximum Gasteiger partial charge on any atom is 0.315 e. The number of nitrogens with zero attached hydrogens (tertiary/aromatic N) is 1. The first-order valence-corrected chi connectivity index (χ1v) is 11.9. The Balaban J connectivity index is 1.60. The van der Waals surface area contributed by atoms with Crippen molar-refractivity contribution < 1.29 is 34.5 Å². The van der Waals surface area contributed by atoms with E-state index in [1.54, 1.807) is 13.8 Å². The minimum atomic E-state index is -1.10. The number of rotatable bonds is 11. The maximum atomic E-state index is 12.7. The fourth-order valence-electron chi connectivity index (χ4n) is 5.52. The number of Topliss-reactive ketones (excluding diaryl/α,β-unsaturated/α-hetero) is 1. The number of carbonyl (C=O) groups excluding carboxylic acids is 2. The molecule has 1 aromatic rings. The van der Waals surface area contributed by atoms with E-state index in [2.05, 4.69) is 18.7 Å². The van der Waals surface area contributed by atoms with E-state index in [0.717, 1.165) is 19.3 Å². The van der Waals surface area contributed by atoms with Gasteiger partial charge in [0.2, 0.25) is 0 Å². The number of unbranched alkanes of at least 4 members (excludes halogenated alkanes) is 3. The molecule has 0 aliphatic heterocycles. The van der Waals surface area contributed by atoms with Gasteiger partial charge in [-0.2, -0.15) is 0 Å². The van der Waals surface area contributed by atoms with Crippen molar-refractivity contribution in [3.63, 3.8) is 0 Å². The van der Waals surface area contributed by atoms with E-state index in [9.17, 15) is 29.9 Å². The number of esters is 1. The van der Waals surface area contributed by atoms with Crippen molar-refractivity contribution in [2.24, 2.45) is 17.3 Å². The highest BCUT2D eigenvalue weighted by atomic mass is 16.9. The summed E-state index contributed by atoms with van der Waals surface area (Å²) in [5, 5.41) is 31.0. The van der Waals surface area contributed by atoms with E-state index in [1.165, 1.54) is 12.1 Å². The lowest BCUT2D eigenvalue weighted by Crippen LogP contribution is -2.56. The second kappa shape index (κ2) is 9.80. The molecule has 0 saturated heterocycles. The van der Waals surface area contributed by atoms with Gasteiger partial charge in [0, 0.05) is 23.8 Å². The molecule has 3 saturated carbocycles. The largest absolute Gasteiger partial charge is 0.508 e. The third kappa shape index (κ3) is 4.98. The van der Waals surface area contributed by atoms with Crippen molar-refractivity contribution in [3.05, 3.63) is 33.4 Å². The molecule has 1 aromatic carbocycles. The molecule has 2 bridgehead atoms. The lowest BCUT2D eigenvalue weighted by Gasteiger charge is -2.59. The molecule has 34 heavy (non-hydrogen) atoms. The average molecular weight is 478 g/mol. The summed E-state index contributed by atoms with van der Waals surface area (Å²) in [6, 6.07) is 2.99. The van der Waals surface area contributed by atoms with Crippen molar-refractivity contribution in [2.45, 2.75) is 77.6 Å². The summed E-state index contributed by atoms with van der Waals surface area (Å²) in [5.41, 5.74) is -0.435. The van der Waals surface area contributed by atoms with E-state index < -0.39 is 16.5 Å². The number of ether oxygens (including phenoxy) is 1. The zero-order valence-corrected chi connectivity index (χ0v) is 20.3. The van der Waals surface area contributed by atoms with Crippen LogP contribution >= 0.6 is 0 Å². The van der Waals surface area contributed by atoms with Gasteiger partial charge >= 0.3 is 5.97 Å². The molecular weight excluding hydrogens is 442 g/mol. The van der Waals surface area contributed by atoms with Gasteiger partial charge < -0.3 is 19.8 Å². The van der Waals surface area contributed by atoms with Crippen LogP contribution in [0.5, 0.6) is 11.5 Å². The number of phenols is 2. The lowest BCUT2D eigenvalue weighted by molar-refractivity contribution is -0.757. The molecule has 3 aliphatic rings. The molecule has 3 atom stereocenters. The molecule has 0 radical (unpaired) electrons. The first-order valence-electron chi connectivity index (χ1n) is 11.9. The first-order chi connectivity index (χ1) is 15.9. The van der Waals surface area contributed by atoms with Crippen LogP contribution in [0.3, 0.4) is 0 Å². The number of benzene rings is 1. The molecule has 0 spiro atoms. The van der Waals surface area contributed by atoms with Crippen LogP contribution in [0.2, 0.25) is 0 Å². The lowest BCUT2D eigenvalue weighted by atomic mass is 9.44. The van der Waals surface area contributed by atoms with E-state index in [4.69, 9.17) is 4.74 Å². The number of carbonyl (C=O) groups is 2. The zero-order chi connectivity index (χ0) is 25.3. The molecule has 0 unspecified atom stereocenters. The Labute approximate surface area is 199 Å². The maximum absolute atomic E-state index is 12.7. The second-order valence-electron chi connectivity index (χ2n) is 10.7. The van der Waals surface area contributed by atoms with Gasteiger partial charge in [-0.05, 0) is 68.6 Å². The monoisotopic (exact) mass is 477 g/mol. The zero-order valence-electron chi connectivity index (χ0n) is 20.3. The molecular formula is C25H35NO8. The SMILES string of the molecule is CC(C)(C(=O)OCCCCCCO[N+](=O)[O-])c1cc(O)c([C@@H]2CC(=O)[C@H]3C[C@@H]2C3(C)C)c(O)c1. The van der Waals surface area contributed by atoms with E-state index in [1.807, 2.05) is 0 Å². The summed E-state index contributed by atoms with van der Waals surface area (Å²) in [5.74, 6) is -0.491. The number of ketones is 1. The summed E-state index contributed by atoms with van der Waals surface area (Å²) in [6.45, 7) is 7.73.